The highest BCUT2D eigenvalue weighted by molar-refractivity contribution is 5.53. The number of nitrogens with two attached hydrogens (primary N) is 1. The lowest BCUT2D eigenvalue weighted by molar-refractivity contribution is 0.711. The standard InChI is InChI=1S/C12H17N5/c1-9-8-15-12(7-11(9)13)14-5-3-10-4-6-16-17(10)2/h4,6-8H,3,5H2,1-2H3,(H3,13,14,15). The topological polar surface area (TPSA) is 68.8 Å². The summed E-state index contributed by atoms with van der Waals surface area (Å²) in [6, 6.07) is 3.87. The van der Waals surface area contributed by atoms with Crippen LogP contribution < -0.4 is 11.1 Å². The van der Waals surface area contributed by atoms with Gasteiger partial charge >= 0.3 is 0 Å². The van der Waals surface area contributed by atoms with Crippen molar-refractivity contribution in [3.05, 3.63) is 35.8 Å². The minimum Gasteiger partial charge on any atom is -0.398 e. The summed E-state index contributed by atoms with van der Waals surface area (Å²) in [6.07, 6.45) is 4.49. The first-order valence-corrected chi connectivity index (χ1v) is 5.59. The second-order valence-electron chi connectivity index (χ2n) is 4.05. The van der Waals surface area contributed by atoms with Crippen molar-refractivity contribution >= 4 is 11.5 Å². The summed E-state index contributed by atoms with van der Waals surface area (Å²) < 4.78 is 1.87. The molecule has 5 heteroatoms. The highest BCUT2D eigenvalue weighted by Crippen LogP contribution is 2.13. The molecule has 0 atom stereocenters. The zero-order valence-corrected chi connectivity index (χ0v) is 10.1. The number of pyridine rings is 1. The Balaban J connectivity index is 1.90. The lowest BCUT2D eigenvalue weighted by Crippen LogP contribution is -2.09. The van der Waals surface area contributed by atoms with Crippen LogP contribution in [0.25, 0.3) is 0 Å². The van der Waals surface area contributed by atoms with Gasteiger partial charge in [0.2, 0.25) is 0 Å². The van der Waals surface area contributed by atoms with Gasteiger partial charge in [0.1, 0.15) is 5.82 Å². The first-order valence-electron chi connectivity index (χ1n) is 5.59. The maximum absolute atomic E-state index is 5.82. The Hall–Kier alpha value is -2.04. The molecular formula is C12H17N5. The van der Waals surface area contributed by atoms with E-state index in [1.54, 1.807) is 12.4 Å². The van der Waals surface area contributed by atoms with E-state index >= 15 is 0 Å². The molecule has 0 saturated heterocycles. The van der Waals surface area contributed by atoms with Gasteiger partial charge in [0, 0.05) is 49.9 Å². The van der Waals surface area contributed by atoms with E-state index in [1.165, 1.54) is 5.69 Å². The van der Waals surface area contributed by atoms with Gasteiger partial charge in [0.25, 0.3) is 0 Å². The van der Waals surface area contributed by atoms with Gasteiger partial charge in [-0.05, 0) is 18.6 Å². The van der Waals surface area contributed by atoms with Crippen LogP contribution in [-0.2, 0) is 13.5 Å². The summed E-state index contributed by atoms with van der Waals surface area (Å²) >= 11 is 0. The number of nitrogens with zero attached hydrogens (tertiary/aromatic N) is 3. The average molecular weight is 231 g/mol. The lowest BCUT2D eigenvalue weighted by Gasteiger charge is -2.07. The summed E-state index contributed by atoms with van der Waals surface area (Å²) in [4.78, 5) is 4.27. The lowest BCUT2D eigenvalue weighted by atomic mass is 10.2. The van der Waals surface area contributed by atoms with E-state index in [-0.39, 0.29) is 0 Å². The molecule has 0 aliphatic heterocycles. The predicted octanol–water partition coefficient (Wildman–Crippen LogP) is 1.36. The number of rotatable bonds is 4. The zero-order valence-electron chi connectivity index (χ0n) is 10.1. The fourth-order valence-corrected chi connectivity index (χ4v) is 1.60. The van der Waals surface area contributed by atoms with Crippen molar-refractivity contribution in [1.29, 1.82) is 0 Å². The first-order chi connectivity index (χ1) is 8.16. The van der Waals surface area contributed by atoms with Gasteiger partial charge in [0.15, 0.2) is 0 Å². The number of anilines is 2. The summed E-state index contributed by atoms with van der Waals surface area (Å²) in [6.45, 7) is 2.76. The van der Waals surface area contributed by atoms with Gasteiger partial charge in [-0.15, -0.1) is 0 Å². The van der Waals surface area contributed by atoms with E-state index in [2.05, 4.69) is 15.4 Å². The monoisotopic (exact) mass is 231 g/mol. The quantitative estimate of drug-likeness (QED) is 0.833. The number of hydrogen-bond donors (Lipinski definition) is 2. The third kappa shape index (κ3) is 2.75. The predicted molar refractivity (Wildman–Crippen MR) is 68.8 cm³/mol. The van der Waals surface area contributed by atoms with Crippen LogP contribution in [0.5, 0.6) is 0 Å². The molecule has 90 valence electrons. The highest BCUT2D eigenvalue weighted by Gasteiger charge is 2.00. The Morgan fingerprint density at radius 1 is 1.47 bits per heavy atom. The van der Waals surface area contributed by atoms with E-state index in [0.717, 1.165) is 30.0 Å². The summed E-state index contributed by atoms with van der Waals surface area (Å²) in [5, 5.41) is 7.37. The Kier molecular flexibility index (Phi) is 3.27. The minimum atomic E-state index is 0.767. The van der Waals surface area contributed by atoms with Gasteiger partial charge in [0.05, 0.1) is 0 Å². The van der Waals surface area contributed by atoms with Gasteiger partial charge in [-0.2, -0.15) is 5.10 Å². The second kappa shape index (κ2) is 4.86. The van der Waals surface area contributed by atoms with E-state index in [0.29, 0.717) is 0 Å². The zero-order chi connectivity index (χ0) is 12.3. The number of hydrogen-bond acceptors (Lipinski definition) is 4. The maximum atomic E-state index is 5.82. The maximum Gasteiger partial charge on any atom is 0.127 e. The summed E-state index contributed by atoms with van der Waals surface area (Å²) in [7, 11) is 1.94. The summed E-state index contributed by atoms with van der Waals surface area (Å²) in [5.41, 5.74) is 8.78. The highest BCUT2D eigenvalue weighted by atomic mass is 15.3. The van der Waals surface area contributed by atoms with Gasteiger partial charge in [-0.3, -0.25) is 4.68 Å². The smallest absolute Gasteiger partial charge is 0.127 e. The van der Waals surface area contributed by atoms with Gasteiger partial charge < -0.3 is 11.1 Å². The molecule has 0 bridgehead atoms. The van der Waals surface area contributed by atoms with Gasteiger partial charge in [-0.1, -0.05) is 0 Å². The molecule has 0 radical (unpaired) electrons. The third-order valence-corrected chi connectivity index (χ3v) is 2.75. The molecule has 0 spiro atoms. The van der Waals surface area contributed by atoms with Crippen LogP contribution in [0.15, 0.2) is 24.5 Å². The SMILES string of the molecule is Cc1cnc(NCCc2ccnn2C)cc1N. The first kappa shape index (κ1) is 11.4. The molecule has 0 fully saturated rings. The number of aryl methyl sites for hydroxylation is 2. The summed E-state index contributed by atoms with van der Waals surface area (Å²) in [5.74, 6) is 0.815. The molecule has 3 N–H and O–H groups in total. The molecule has 2 aromatic rings. The largest absolute Gasteiger partial charge is 0.398 e. The van der Waals surface area contributed by atoms with Crippen LogP contribution in [0.4, 0.5) is 11.5 Å². The molecule has 0 saturated carbocycles. The molecule has 2 heterocycles. The van der Waals surface area contributed by atoms with Crippen molar-refractivity contribution in [1.82, 2.24) is 14.8 Å². The van der Waals surface area contributed by atoms with E-state index in [9.17, 15) is 0 Å². The third-order valence-electron chi connectivity index (χ3n) is 2.75. The molecule has 2 aromatic heterocycles. The van der Waals surface area contributed by atoms with Crippen LogP contribution in [0, 0.1) is 6.92 Å². The Labute approximate surface area is 101 Å². The number of nitrogen functional groups attached to an aromatic ring is 1. The normalized spacial score (nSPS) is 10.5. The molecule has 0 aromatic carbocycles. The average Bonchev–Trinajstić information content (AvgIpc) is 2.70. The van der Waals surface area contributed by atoms with Crippen molar-refractivity contribution in [2.75, 3.05) is 17.6 Å². The van der Waals surface area contributed by atoms with Crippen molar-refractivity contribution < 1.29 is 0 Å². The van der Waals surface area contributed by atoms with Gasteiger partial charge in [-0.25, -0.2) is 4.98 Å². The van der Waals surface area contributed by atoms with Crippen LogP contribution >= 0.6 is 0 Å². The van der Waals surface area contributed by atoms with Crippen LogP contribution in [-0.4, -0.2) is 21.3 Å². The fraction of sp³-hybridized carbons (Fsp3) is 0.333. The number of aromatic nitrogens is 3. The van der Waals surface area contributed by atoms with Crippen LogP contribution in [0.3, 0.4) is 0 Å². The van der Waals surface area contributed by atoms with E-state index in [1.807, 2.05) is 30.8 Å². The molecule has 0 amide bonds. The van der Waals surface area contributed by atoms with Crippen molar-refractivity contribution in [2.45, 2.75) is 13.3 Å². The minimum absolute atomic E-state index is 0.767. The molecule has 5 nitrogen and oxygen atoms in total. The molecule has 0 aliphatic rings. The Bertz CT molecular complexity index is 503. The molecular weight excluding hydrogens is 214 g/mol. The van der Waals surface area contributed by atoms with Crippen molar-refractivity contribution in [3.63, 3.8) is 0 Å². The van der Waals surface area contributed by atoms with Crippen LogP contribution in [0.2, 0.25) is 0 Å². The fourth-order valence-electron chi connectivity index (χ4n) is 1.60. The van der Waals surface area contributed by atoms with Crippen molar-refractivity contribution in [2.24, 2.45) is 7.05 Å². The Morgan fingerprint density at radius 2 is 2.29 bits per heavy atom. The Morgan fingerprint density at radius 3 is 2.94 bits per heavy atom. The molecule has 0 aliphatic carbocycles. The van der Waals surface area contributed by atoms with Crippen LogP contribution in [0.1, 0.15) is 11.3 Å². The molecule has 2 rings (SSSR count). The number of nitrogens with one attached hydrogen (secondary N) is 1. The molecule has 17 heavy (non-hydrogen) atoms. The van der Waals surface area contributed by atoms with E-state index in [4.69, 9.17) is 5.73 Å². The molecule has 0 unspecified atom stereocenters. The van der Waals surface area contributed by atoms with Crippen molar-refractivity contribution in [3.8, 4) is 0 Å². The van der Waals surface area contributed by atoms with E-state index < -0.39 is 0 Å². The second-order valence-corrected chi connectivity index (χ2v) is 4.05.